The van der Waals surface area contributed by atoms with E-state index in [2.05, 4.69) is 18.1 Å². The summed E-state index contributed by atoms with van der Waals surface area (Å²) in [6.07, 6.45) is 14.5. The summed E-state index contributed by atoms with van der Waals surface area (Å²) in [6, 6.07) is 0.569. The molecule has 1 aliphatic heterocycles. The largest absolute Gasteiger partial charge is 0.295 e. The Morgan fingerprint density at radius 1 is 0.923 bits per heavy atom. The topological polar surface area (TPSA) is 12.4 Å². The average molecular weight is 181 g/mol. The van der Waals surface area contributed by atoms with E-state index in [0.29, 0.717) is 6.04 Å². The minimum atomic E-state index is 0.569. The molecule has 0 spiro atoms. The molecule has 0 saturated carbocycles. The summed E-state index contributed by atoms with van der Waals surface area (Å²) in [7, 11) is 0. The maximum atomic E-state index is 4.53. The van der Waals surface area contributed by atoms with Gasteiger partial charge in [-0.1, -0.05) is 38.5 Å². The van der Waals surface area contributed by atoms with Crippen molar-refractivity contribution in [2.45, 2.75) is 70.8 Å². The maximum Gasteiger partial charge on any atom is 0.0467 e. The van der Waals surface area contributed by atoms with Gasteiger partial charge in [-0.15, -0.1) is 0 Å². The Balaban J connectivity index is 2.22. The van der Waals surface area contributed by atoms with Gasteiger partial charge in [-0.3, -0.25) is 4.99 Å². The molecule has 1 rings (SSSR count). The first-order chi connectivity index (χ1) is 6.39. The molecule has 1 aliphatic rings. The monoisotopic (exact) mass is 181 g/mol. The van der Waals surface area contributed by atoms with Crippen LogP contribution in [0.3, 0.4) is 0 Å². The molecule has 0 fully saturated rings. The van der Waals surface area contributed by atoms with E-state index in [9.17, 15) is 0 Å². The fourth-order valence-electron chi connectivity index (χ4n) is 1.89. The van der Waals surface area contributed by atoms with Crippen LogP contribution in [0.4, 0.5) is 0 Å². The molecule has 1 unspecified atom stereocenters. The van der Waals surface area contributed by atoms with Crippen molar-refractivity contribution in [3.63, 3.8) is 0 Å². The van der Waals surface area contributed by atoms with Crippen LogP contribution in [0.15, 0.2) is 4.99 Å². The van der Waals surface area contributed by atoms with Crippen LogP contribution in [-0.2, 0) is 0 Å². The third kappa shape index (κ3) is 5.84. The van der Waals surface area contributed by atoms with E-state index in [0.717, 1.165) is 0 Å². The summed E-state index contributed by atoms with van der Waals surface area (Å²) >= 11 is 0. The molecule has 0 aromatic rings. The molecule has 1 heteroatoms. The Morgan fingerprint density at radius 2 is 1.54 bits per heavy atom. The lowest BCUT2D eigenvalue weighted by Gasteiger charge is -2.07. The van der Waals surface area contributed by atoms with Gasteiger partial charge < -0.3 is 0 Å². The summed E-state index contributed by atoms with van der Waals surface area (Å²) in [4.78, 5) is 4.53. The molecule has 0 aliphatic carbocycles. The molecule has 1 nitrogen and oxygen atoms in total. The van der Waals surface area contributed by atoms with Crippen molar-refractivity contribution >= 4 is 6.21 Å². The van der Waals surface area contributed by atoms with Crippen molar-refractivity contribution in [2.24, 2.45) is 4.99 Å². The summed E-state index contributed by atoms with van der Waals surface area (Å²) in [6.45, 7) is 2.24. The van der Waals surface area contributed by atoms with E-state index >= 15 is 0 Å². The highest BCUT2D eigenvalue weighted by Gasteiger charge is 1.99. The highest BCUT2D eigenvalue weighted by molar-refractivity contribution is 5.57. The molecule has 1 heterocycles. The fourth-order valence-corrected chi connectivity index (χ4v) is 1.89. The standard InChI is InChI=1S/C12H23N/c1-12-10-8-6-4-2-3-5-7-9-11-13-12/h11-12H,2-10H2,1H3. The molecular formula is C12H23N. The molecule has 1 atom stereocenters. The van der Waals surface area contributed by atoms with Crippen LogP contribution in [0.2, 0.25) is 0 Å². The van der Waals surface area contributed by atoms with E-state index in [4.69, 9.17) is 0 Å². The molecule has 0 radical (unpaired) electrons. The van der Waals surface area contributed by atoms with Crippen molar-refractivity contribution < 1.29 is 0 Å². The van der Waals surface area contributed by atoms with Crippen molar-refractivity contribution in [1.82, 2.24) is 0 Å². The van der Waals surface area contributed by atoms with Crippen LogP contribution >= 0.6 is 0 Å². The highest BCUT2D eigenvalue weighted by Crippen LogP contribution is 2.12. The van der Waals surface area contributed by atoms with Gasteiger partial charge in [-0.25, -0.2) is 0 Å². The van der Waals surface area contributed by atoms with Crippen LogP contribution in [0.1, 0.15) is 64.7 Å². The number of nitrogens with zero attached hydrogens (tertiary/aromatic N) is 1. The smallest absolute Gasteiger partial charge is 0.0467 e. The van der Waals surface area contributed by atoms with Gasteiger partial charge in [-0.2, -0.15) is 0 Å². The van der Waals surface area contributed by atoms with Gasteiger partial charge in [0, 0.05) is 6.04 Å². The molecule has 13 heavy (non-hydrogen) atoms. The first-order valence-corrected chi connectivity index (χ1v) is 5.91. The zero-order valence-corrected chi connectivity index (χ0v) is 8.97. The van der Waals surface area contributed by atoms with Gasteiger partial charge in [0.1, 0.15) is 0 Å². The van der Waals surface area contributed by atoms with Gasteiger partial charge in [0.05, 0.1) is 0 Å². The van der Waals surface area contributed by atoms with Crippen molar-refractivity contribution in [2.75, 3.05) is 0 Å². The average Bonchev–Trinajstić information content (AvgIpc) is 2.11. The van der Waals surface area contributed by atoms with Gasteiger partial charge in [0.25, 0.3) is 0 Å². The first-order valence-electron chi connectivity index (χ1n) is 5.91. The van der Waals surface area contributed by atoms with Crippen LogP contribution in [0, 0.1) is 0 Å². The zero-order chi connectivity index (χ0) is 9.36. The van der Waals surface area contributed by atoms with Crippen LogP contribution in [-0.4, -0.2) is 12.3 Å². The molecule has 0 N–H and O–H groups in total. The summed E-state index contributed by atoms with van der Waals surface area (Å²) in [5.41, 5.74) is 0. The normalized spacial score (nSPS) is 27.6. The third-order valence-corrected chi connectivity index (χ3v) is 2.82. The van der Waals surface area contributed by atoms with Crippen molar-refractivity contribution in [3.05, 3.63) is 0 Å². The Labute approximate surface area is 82.6 Å². The minimum Gasteiger partial charge on any atom is -0.295 e. The summed E-state index contributed by atoms with van der Waals surface area (Å²) < 4.78 is 0. The molecule has 0 aromatic heterocycles. The number of aliphatic imine (C=N–C) groups is 1. The molecule has 76 valence electrons. The summed E-state index contributed by atoms with van der Waals surface area (Å²) in [5, 5.41) is 0. The predicted molar refractivity (Wildman–Crippen MR) is 59.5 cm³/mol. The van der Waals surface area contributed by atoms with E-state index in [1.165, 1.54) is 57.8 Å². The third-order valence-electron chi connectivity index (χ3n) is 2.82. The first kappa shape index (κ1) is 10.7. The summed E-state index contributed by atoms with van der Waals surface area (Å²) in [5.74, 6) is 0. The lowest BCUT2D eigenvalue weighted by molar-refractivity contribution is 0.540. The fraction of sp³-hybridized carbons (Fsp3) is 0.917. The lowest BCUT2D eigenvalue weighted by atomic mass is 10.0. The Hall–Kier alpha value is -0.330. The second kappa shape index (κ2) is 7.11. The van der Waals surface area contributed by atoms with Gasteiger partial charge in [0.15, 0.2) is 0 Å². The molecule has 0 saturated heterocycles. The number of hydrogen-bond donors (Lipinski definition) is 0. The van der Waals surface area contributed by atoms with Crippen molar-refractivity contribution in [1.29, 1.82) is 0 Å². The Morgan fingerprint density at radius 3 is 2.31 bits per heavy atom. The van der Waals surface area contributed by atoms with Crippen molar-refractivity contribution in [3.8, 4) is 0 Å². The predicted octanol–water partition coefficient (Wildman–Crippen LogP) is 3.97. The molecular weight excluding hydrogens is 158 g/mol. The Kier molecular flexibility index (Phi) is 5.88. The van der Waals surface area contributed by atoms with E-state index in [1.54, 1.807) is 0 Å². The minimum absolute atomic E-state index is 0.569. The molecule has 0 bridgehead atoms. The van der Waals surface area contributed by atoms with Crippen LogP contribution in [0.25, 0.3) is 0 Å². The van der Waals surface area contributed by atoms with E-state index < -0.39 is 0 Å². The molecule has 0 aromatic carbocycles. The lowest BCUT2D eigenvalue weighted by Crippen LogP contribution is -1.99. The van der Waals surface area contributed by atoms with Gasteiger partial charge in [-0.05, 0) is 32.4 Å². The van der Waals surface area contributed by atoms with Gasteiger partial charge in [0.2, 0.25) is 0 Å². The van der Waals surface area contributed by atoms with E-state index in [1.807, 2.05) is 0 Å². The Bertz CT molecular complexity index is 140. The highest BCUT2D eigenvalue weighted by atomic mass is 14.7. The SMILES string of the molecule is CC1CCCCCCCCCC=N1. The quantitative estimate of drug-likeness (QED) is 0.536. The maximum absolute atomic E-state index is 4.53. The van der Waals surface area contributed by atoms with Crippen LogP contribution < -0.4 is 0 Å². The molecule has 0 amide bonds. The second-order valence-corrected chi connectivity index (χ2v) is 4.23. The van der Waals surface area contributed by atoms with Gasteiger partial charge >= 0.3 is 0 Å². The zero-order valence-electron chi connectivity index (χ0n) is 8.97. The van der Waals surface area contributed by atoms with E-state index in [-0.39, 0.29) is 0 Å². The van der Waals surface area contributed by atoms with Crippen LogP contribution in [0.5, 0.6) is 0 Å². The number of hydrogen-bond acceptors (Lipinski definition) is 1. The number of rotatable bonds is 0. The second-order valence-electron chi connectivity index (χ2n) is 4.23.